The minimum atomic E-state index is -1.06. The average molecular weight is 498 g/mol. The first kappa shape index (κ1) is 23.8. The molecule has 0 saturated carbocycles. The van der Waals surface area contributed by atoms with Gasteiger partial charge in [0, 0.05) is 50.8 Å². The quantitative estimate of drug-likeness (QED) is 0.379. The summed E-state index contributed by atoms with van der Waals surface area (Å²) in [5.74, 6) is -0.198. The Morgan fingerprint density at radius 1 is 1.24 bits per heavy atom. The molecule has 1 aromatic rings. The topological polar surface area (TPSA) is 134 Å². The van der Waals surface area contributed by atoms with Gasteiger partial charge < -0.3 is 14.7 Å². The van der Waals surface area contributed by atoms with Gasteiger partial charge in [0.2, 0.25) is 11.1 Å². The molecule has 1 aromatic heterocycles. The second-order valence-electron chi connectivity index (χ2n) is 7.85. The summed E-state index contributed by atoms with van der Waals surface area (Å²) in [6.07, 6.45) is 0.998. The van der Waals surface area contributed by atoms with Crippen molar-refractivity contribution < 1.29 is 24.2 Å². The Morgan fingerprint density at radius 3 is 2.73 bits per heavy atom. The summed E-state index contributed by atoms with van der Waals surface area (Å²) >= 11 is 2.98. The van der Waals surface area contributed by atoms with Gasteiger partial charge in [-0.2, -0.15) is 0 Å². The van der Waals surface area contributed by atoms with Crippen molar-refractivity contribution in [1.82, 2.24) is 34.9 Å². The van der Waals surface area contributed by atoms with Crippen molar-refractivity contribution in [2.24, 2.45) is 0 Å². The van der Waals surface area contributed by atoms with Gasteiger partial charge in [0.15, 0.2) is 0 Å². The summed E-state index contributed by atoms with van der Waals surface area (Å²) in [7, 11) is 0. The highest BCUT2D eigenvalue weighted by Gasteiger charge is 2.45. The zero-order chi connectivity index (χ0) is 23.4. The third-order valence-electron chi connectivity index (χ3n) is 5.75. The van der Waals surface area contributed by atoms with E-state index in [4.69, 9.17) is 4.74 Å². The number of hydrogen-bond acceptors (Lipinski definition) is 10. The van der Waals surface area contributed by atoms with Gasteiger partial charge in [-0.25, -0.2) is 14.3 Å². The third kappa shape index (κ3) is 5.44. The fraction of sp³-hybridized carbons (Fsp3) is 0.684. The van der Waals surface area contributed by atoms with Crippen LogP contribution in [0, 0.1) is 0 Å². The third-order valence-corrected chi connectivity index (χ3v) is 8.07. The van der Waals surface area contributed by atoms with Gasteiger partial charge in [-0.05, 0) is 29.3 Å². The van der Waals surface area contributed by atoms with Crippen LogP contribution in [0.5, 0.6) is 0 Å². The molecule has 4 heterocycles. The number of amides is 2. The van der Waals surface area contributed by atoms with Crippen LogP contribution in [0.25, 0.3) is 0 Å². The van der Waals surface area contributed by atoms with Crippen LogP contribution in [0.4, 0.5) is 4.79 Å². The van der Waals surface area contributed by atoms with E-state index in [9.17, 15) is 19.5 Å². The summed E-state index contributed by atoms with van der Waals surface area (Å²) in [5, 5.41) is 22.1. The maximum atomic E-state index is 11.9. The maximum absolute atomic E-state index is 11.9. The van der Waals surface area contributed by atoms with Gasteiger partial charge >= 0.3 is 12.1 Å². The normalized spacial score (nSPS) is 21.1. The molecule has 180 valence electrons. The molecule has 1 atom stereocenters. The molecule has 0 bridgehead atoms. The Hall–Kier alpha value is -2.32. The van der Waals surface area contributed by atoms with E-state index in [0.29, 0.717) is 49.3 Å². The Kier molecular flexibility index (Phi) is 7.75. The summed E-state index contributed by atoms with van der Waals surface area (Å²) in [5.41, 5.74) is 0.833. The highest BCUT2D eigenvalue weighted by Crippen LogP contribution is 2.41. The number of aromatic nitrogens is 4. The Bertz CT molecular complexity index is 931. The number of aryl methyl sites for hydroxylation is 1. The van der Waals surface area contributed by atoms with E-state index in [2.05, 4.69) is 20.4 Å². The predicted molar refractivity (Wildman–Crippen MR) is 121 cm³/mol. The number of aliphatic carboxylic acids is 1. The molecule has 0 radical (unpaired) electrons. The molecular weight excluding hydrogens is 470 g/mol. The van der Waals surface area contributed by atoms with E-state index in [1.165, 1.54) is 16.7 Å². The second-order valence-corrected chi connectivity index (χ2v) is 9.95. The molecule has 4 rings (SSSR count). The standard InChI is InChI=1S/C19H27N7O5S2/c1-2-31-19(30)24-8-6-23(7-9-24)4-3-5-25-18(20-21-22-25)33-12-13-11-32-15-10-14(27)26(15)16(13)17(28)29/h15H,2-12H2,1H3,(H,28,29)/t15-/m1/s1. The summed E-state index contributed by atoms with van der Waals surface area (Å²) < 4.78 is 6.78. The molecule has 0 unspecified atom stereocenters. The van der Waals surface area contributed by atoms with Crippen LogP contribution < -0.4 is 0 Å². The van der Waals surface area contributed by atoms with Crippen LogP contribution in [0.2, 0.25) is 0 Å². The van der Waals surface area contributed by atoms with Crippen molar-refractivity contribution in [2.75, 3.05) is 50.8 Å². The van der Waals surface area contributed by atoms with Crippen molar-refractivity contribution in [3.63, 3.8) is 0 Å². The molecule has 2 amide bonds. The molecular formula is C19H27N7O5S2. The number of carbonyl (C=O) groups is 3. The van der Waals surface area contributed by atoms with Crippen LogP contribution >= 0.6 is 23.5 Å². The lowest BCUT2D eigenvalue weighted by Crippen LogP contribution is -2.54. The molecule has 3 aliphatic heterocycles. The first-order chi connectivity index (χ1) is 16.0. The van der Waals surface area contributed by atoms with E-state index in [1.807, 2.05) is 0 Å². The van der Waals surface area contributed by atoms with E-state index in [-0.39, 0.29) is 23.1 Å². The number of hydrogen-bond donors (Lipinski definition) is 1. The van der Waals surface area contributed by atoms with Crippen molar-refractivity contribution >= 4 is 41.5 Å². The van der Waals surface area contributed by atoms with E-state index < -0.39 is 5.97 Å². The van der Waals surface area contributed by atoms with Crippen molar-refractivity contribution in [3.05, 3.63) is 11.3 Å². The largest absolute Gasteiger partial charge is 0.477 e. The lowest BCUT2D eigenvalue weighted by atomic mass is 10.1. The van der Waals surface area contributed by atoms with Crippen LogP contribution in [0.1, 0.15) is 19.8 Å². The average Bonchev–Trinajstić information content (AvgIpc) is 3.24. The lowest BCUT2D eigenvalue weighted by molar-refractivity contribution is -0.146. The lowest BCUT2D eigenvalue weighted by Gasteiger charge is -2.43. The van der Waals surface area contributed by atoms with Gasteiger partial charge in [0.25, 0.3) is 0 Å². The summed E-state index contributed by atoms with van der Waals surface area (Å²) in [6, 6.07) is 0. The maximum Gasteiger partial charge on any atom is 0.409 e. The van der Waals surface area contributed by atoms with Crippen molar-refractivity contribution in [1.29, 1.82) is 0 Å². The highest BCUT2D eigenvalue weighted by molar-refractivity contribution is 8.00. The molecule has 3 aliphatic rings. The molecule has 2 saturated heterocycles. The van der Waals surface area contributed by atoms with Crippen molar-refractivity contribution in [2.45, 2.75) is 36.8 Å². The Balaban J connectivity index is 1.25. The van der Waals surface area contributed by atoms with Crippen molar-refractivity contribution in [3.8, 4) is 0 Å². The number of carboxylic acid groups (broad SMARTS) is 1. The SMILES string of the molecule is CCOC(=O)N1CCN(CCCn2nnnc2SCC2=C(C(=O)O)N3C(=O)C[C@H]3SC2)CC1. The fourth-order valence-corrected chi connectivity index (χ4v) is 6.30. The number of piperazine rings is 1. The van der Waals surface area contributed by atoms with Crippen LogP contribution in [-0.2, 0) is 20.9 Å². The van der Waals surface area contributed by atoms with Gasteiger partial charge in [-0.15, -0.1) is 16.9 Å². The molecule has 0 aliphatic carbocycles. The summed E-state index contributed by atoms with van der Waals surface area (Å²) in [6.45, 7) is 6.61. The molecule has 2 fully saturated rings. The van der Waals surface area contributed by atoms with Gasteiger partial charge in [-0.3, -0.25) is 14.6 Å². The smallest absolute Gasteiger partial charge is 0.409 e. The number of fused-ring (bicyclic) bond motifs is 1. The first-order valence-corrected chi connectivity index (χ1v) is 12.9. The molecule has 0 aromatic carbocycles. The van der Waals surface area contributed by atoms with Gasteiger partial charge in [-0.1, -0.05) is 11.8 Å². The number of β-lactam (4-membered cyclic amide) rings is 1. The summed E-state index contributed by atoms with van der Waals surface area (Å²) in [4.78, 5) is 40.9. The Morgan fingerprint density at radius 2 is 2.03 bits per heavy atom. The van der Waals surface area contributed by atoms with E-state index in [1.54, 1.807) is 28.3 Å². The highest BCUT2D eigenvalue weighted by atomic mass is 32.2. The number of carbonyl (C=O) groups excluding carboxylic acids is 2. The monoisotopic (exact) mass is 497 g/mol. The molecule has 12 nitrogen and oxygen atoms in total. The fourth-order valence-electron chi connectivity index (χ4n) is 3.99. The van der Waals surface area contributed by atoms with E-state index >= 15 is 0 Å². The first-order valence-electron chi connectivity index (χ1n) is 10.9. The number of rotatable bonds is 9. The van der Waals surface area contributed by atoms with Crippen LogP contribution in [-0.4, -0.2) is 114 Å². The number of ether oxygens (including phenoxy) is 1. The van der Waals surface area contributed by atoms with Gasteiger partial charge in [0.05, 0.1) is 18.4 Å². The molecule has 33 heavy (non-hydrogen) atoms. The zero-order valence-corrected chi connectivity index (χ0v) is 20.0. The van der Waals surface area contributed by atoms with Crippen LogP contribution in [0.3, 0.4) is 0 Å². The Labute approximate surface area is 199 Å². The minimum Gasteiger partial charge on any atom is -0.477 e. The van der Waals surface area contributed by atoms with Crippen LogP contribution in [0.15, 0.2) is 16.4 Å². The minimum absolute atomic E-state index is 0.0539. The molecule has 14 heteroatoms. The second kappa shape index (κ2) is 10.7. The number of tetrazole rings is 1. The zero-order valence-electron chi connectivity index (χ0n) is 18.4. The predicted octanol–water partition coefficient (Wildman–Crippen LogP) is 0.573. The number of thioether (sulfide) groups is 2. The molecule has 0 spiro atoms. The number of carboxylic acids is 1. The van der Waals surface area contributed by atoms with E-state index in [0.717, 1.165) is 31.6 Å². The van der Waals surface area contributed by atoms with Gasteiger partial charge in [0.1, 0.15) is 5.70 Å². The number of nitrogens with zero attached hydrogens (tertiary/aromatic N) is 7. The molecule has 1 N–H and O–H groups in total.